The van der Waals surface area contributed by atoms with Gasteiger partial charge in [0.05, 0.1) is 6.34 Å². The van der Waals surface area contributed by atoms with Crippen LogP contribution in [0.25, 0.3) is 0 Å². The molecule has 0 amide bonds. The normalized spacial score (nSPS) is 17.6. The largest absolute Gasteiger partial charge is 0.346 e. The molecule has 1 aromatic carbocycles. The van der Waals surface area contributed by atoms with Gasteiger partial charge in [0.2, 0.25) is 0 Å². The third-order valence-electron chi connectivity index (χ3n) is 3.27. The number of rotatable bonds is 1. The Labute approximate surface area is 105 Å². The standard InChI is InChI=1S/C14H14N2S/c1-9-7-17-14(10(9)2)13-11-5-3-4-6-12(11)15-8-16-13/h3-8,13H,1-2H3,(H,15,16). The summed E-state index contributed by atoms with van der Waals surface area (Å²) in [6.07, 6.45) is 1.81. The molecule has 1 atom stereocenters. The number of thiophene rings is 1. The van der Waals surface area contributed by atoms with Gasteiger partial charge in [-0.15, -0.1) is 11.3 Å². The summed E-state index contributed by atoms with van der Waals surface area (Å²) >= 11 is 1.80. The summed E-state index contributed by atoms with van der Waals surface area (Å²) in [6, 6.07) is 8.53. The first-order chi connectivity index (χ1) is 8.27. The summed E-state index contributed by atoms with van der Waals surface area (Å²) in [7, 11) is 0. The Balaban J connectivity index is 2.13. The Morgan fingerprint density at radius 2 is 2.06 bits per heavy atom. The molecular weight excluding hydrogens is 228 g/mol. The maximum Gasteiger partial charge on any atom is 0.113 e. The van der Waals surface area contributed by atoms with Crippen LogP contribution < -0.4 is 5.32 Å². The Kier molecular flexibility index (Phi) is 2.48. The van der Waals surface area contributed by atoms with Gasteiger partial charge in [0.15, 0.2) is 0 Å². The van der Waals surface area contributed by atoms with E-state index in [0.717, 1.165) is 5.69 Å². The average molecular weight is 242 g/mol. The number of nitrogens with one attached hydrogen (secondary N) is 1. The Morgan fingerprint density at radius 3 is 2.82 bits per heavy atom. The van der Waals surface area contributed by atoms with Gasteiger partial charge in [-0.2, -0.15) is 0 Å². The van der Waals surface area contributed by atoms with Crippen LogP contribution in [0, 0.1) is 13.8 Å². The lowest BCUT2D eigenvalue weighted by Crippen LogP contribution is -2.10. The Bertz CT molecular complexity index is 584. The van der Waals surface area contributed by atoms with Gasteiger partial charge in [-0.3, -0.25) is 4.99 Å². The SMILES string of the molecule is Cc1csc(C2N=CNc3ccccc32)c1C. The second kappa shape index (κ2) is 4.00. The number of para-hydroxylation sites is 1. The fourth-order valence-corrected chi connectivity index (χ4v) is 3.26. The van der Waals surface area contributed by atoms with Crippen molar-refractivity contribution in [1.82, 2.24) is 0 Å². The molecule has 2 nitrogen and oxygen atoms in total. The lowest BCUT2D eigenvalue weighted by molar-refractivity contribution is 0.882. The molecule has 1 N–H and O–H groups in total. The minimum Gasteiger partial charge on any atom is -0.346 e. The van der Waals surface area contributed by atoms with Crippen molar-refractivity contribution < 1.29 is 0 Å². The van der Waals surface area contributed by atoms with Crippen molar-refractivity contribution in [3.63, 3.8) is 0 Å². The van der Waals surface area contributed by atoms with Gasteiger partial charge in [-0.05, 0) is 36.4 Å². The van der Waals surface area contributed by atoms with Gasteiger partial charge in [0.25, 0.3) is 0 Å². The highest BCUT2D eigenvalue weighted by atomic mass is 32.1. The number of aliphatic imine (C=N–C) groups is 1. The van der Waals surface area contributed by atoms with E-state index in [1.54, 1.807) is 11.3 Å². The van der Waals surface area contributed by atoms with E-state index in [9.17, 15) is 0 Å². The van der Waals surface area contributed by atoms with Crippen LogP contribution in [-0.4, -0.2) is 6.34 Å². The zero-order valence-corrected chi connectivity index (χ0v) is 10.7. The van der Waals surface area contributed by atoms with Crippen LogP contribution in [-0.2, 0) is 0 Å². The molecule has 1 aliphatic heterocycles. The summed E-state index contributed by atoms with van der Waals surface area (Å²) in [5, 5.41) is 5.41. The van der Waals surface area contributed by atoms with Crippen molar-refractivity contribution in [2.45, 2.75) is 19.9 Å². The van der Waals surface area contributed by atoms with Gasteiger partial charge in [0.1, 0.15) is 6.04 Å². The minimum absolute atomic E-state index is 0.158. The highest BCUT2D eigenvalue weighted by Crippen LogP contribution is 2.38. The van der Waals surface area contributed by atoms with Crippen LogP contribution in [0.3, 0.4) is 0 Å². The molecule has 3 rings (SSSR count). The first-order valence-electron chi connectivity index (χ1n) is 5.69. The zero-order valence-electron chi connectivity index (χ0n) is 9.90. The molecule has 2 heterocycles. The van der Waals surface area contributed by atoms with Crippen molar-refractivity contribution in [1.29, 1.82) is 0 Å². The number of benzene rings is 1. The molecule has 1 unspecified atom stereocenters. The molecule has 0 fully saturated rings. The van der Waals surface area contributed by atoms with Crippen LogP contribution in [0.2, 0.25) is 0 Å². The van der Waals surface area contributed by atoms with E-state index in [4.69, 9.17) is 0 Å². The minimum atomic E-state index is 0.158. The van der Waals surface area contributed by atoms with Crippen LogP contribution in [0.1, 0.15) is 27.6 Å². The average Bonchev–Trinajstić information content (AvgIpc) is 2.69. The third kappa shape index (κ3) is 1.67. The maximum atomic E-state index is 4.59. The first-order valence-corrected chi connectivity index (χ1v) is 6.57. The zero-order chi connectivity index (χ0) is 11.8. The van der Waals surface area contributed by atoms with Crippen molar-refractivity contribution >= 4 is 23.4 Å². The smallest absolute Gasteiger partial charge is 0.113 e. The van der Waals surface area contributed by atoms with Gasteiger partial charge >= 0.3 is 0 Å². The molecule has 1 aliphatic rings. The quantitative estimate of drug-likeness (QED) is 0.805. The molecule has 0 aliphatic carbocycles. The van der Waals surface area contributed by atoms with Gasteiger partial charge in [0, 0.05) is 16.1 Å². The van der Waals surface area contributed by atoms with Crippen molar-refractivity contribution in [3.05, 3.63) is 51.2 Å². The molecule has 0 saturated heterocycles. The van der Waals surface area contributed by atoms with Crippen molar-refractivity contribution in [3.8, 4) is 0 Å². The molecule has 0 saturated carbocycles. The number of aryl methyl sites for hydroxylation is 1. The molecule has 3 heteroatoms. The highest BCUT2D eigenvalue weighted by Gasteiger charge is 2.22. The molecule has 0 bridgehead atoms. The van der Waals surface area contributed by atoms with E-state index >= 15 is 0 Å². The number of fused-ring (bicyclic) bond motifs is 1. The Hall–Kier alpha value is -1.61. The summed E-state index contributed by atoms with van der Waals surface area (Å²) in [5.41, 5.74) is 5.16. The second-order valence-corrected chi connectivity index (χ2v) is 5.23. The van der Waals surface area contributed by atoms with Crippen LogP contribution in [0.4, 0.5) is 5.69 Å². The predicted molar refractivity (Wildman–Crippen MR) is 74.2 cm³/mol. The lowest BCUT2D eigenvalue weighted by Gasteiger charge is -2.20. The van der Waals surface area contributed by atoms with E-state index in [-0.39, 0.29) is 6.04 Å². The third-order valence-corrected chi connectivity index (χ3v) is 4.53. The fourth-order valence-electron chi connectivity index (χ4n) is 2.13. The van der Waals surface area contributed by atoms with Crippen LogP contribution >= 0.6 is 11.3 Å². The monoisotopic (exact) mass is 242 g/mol. The van der Waals surface area contributed by atoms with Gasteiger partial charge in [-0.1, -0.05) is 18.2 Å². The molecule has 0 radical (unpaired) electrons. The van der Waals surface area contributed by atoms with E-state index < -0.39 is 0 Å². The Morgan fingerprint density at radius 1 is 1.24 bits per heavy atom. The molecule has 1 aromatic heterocycles. The molecule has 86 valence electrons. The summed E-state index contributed by atoms with van der Waals surface area (Å²) in [6.45, 7) is 4.34. The maximum absolute atomic E-state index is 4.59. The summed E-state index contributed by atoms with van der Waals surface area (Å²) in [5.74, 6) is 0. The summed E-state index contributed by atoms with van der Waals surface area (Å²) in [4.78, 5) is 5.94. The highest BCUT2D eigenvalue weighted by molar-refractivity contribution is 7.10. The number of hydrogen-bond donors (Lipinski definition) is 1. The van der Waals surface area contributed by atoms with E-state index in [1.165, 1.54) is 21.6 Å². The molecule has 17 heavy (non-hydrogen) atoms. The number of nitrogens with zero attached hydrogens (tertiary/aromatic N) is 1. The number of hydrogen-bond acceptors (Lipinski definition) is 3. The van der Waals surface area contributed by atoms with E-state index in [1.807, 2.05) is 6.34 Å². The number of anilines is 1. The van der Waals surface area contributed by atoms with Crippen LogP contribution in [0.15, 0.2) is 34.6 Å². The lowest BCUT2D eigenvalue weighted by atomic mass is 9.99. The van der Waals surface area contributed by atoms with Gasteiger partial charge < -0.3 is 5.32 Å². The summed E-state index contributed by atoms with van der Waals surface area (Å²) < 4.78 is 0. The second-order valence-electron chi connectivity index (χ2n) is 4.32. The van der Waals surface area contributed by atoms with Gasteiger partial charge in [-0.25, -0.2) is 0 Å². The van der Waals surface area contributed by atoms with E-state index in [0.29, 0.717) is 0 Å². The molecular formula is C14H14N2S. The first kappa shape index (κ1) is 10.5. The predicted octanol–water partition coefficient (Wildman–Crippen LogP) is 3.91. The molecule has 0 spiro atoms. The fraction of sp³-hybridized carbons (Fsp3) is 0.214. The van der Waals surface area contributed by atoms with Crippen molar-refractivity contribution in [2.75, 3.05) is 5.32 Å². The van der Waals surface area contributed by atoms with Crippen molar-refractivity contribution in [2.24, 2.45) is 4.99 Å². The molecule has 2 aromatic rings. The topological polar surface area (TPSA) is 24.4 Å². The van der Waals surface area contributed by atoms with E-state index in [2.05, 4.69) is 53.8 Å². The van der Waals surface area contributed by atoms with Crippen LogP contribution in [0.5, 0.6) is 0 Å².